The van der Waals surface area contributed by atoms with Gasteiger partial charge in [0, 0.05) is 51.1 Å². The fourth-order valence-electron chi connectivity index (χ4n) is 2.70. The number of hydrogen-bond donors (Lipinski definition) is 2. The van der Waals surface area contributed by atoms with Gasteiger partial charge >= 0.3 is 6.61 Å². The smallest absolute Gasteiger partial charge is 0.387 e. The van der Waals surface area contributed by atoms with E-state index in [4.69, 9.17) is 0 Å². The topological polar surface area (TPSA) is 78.9 Å². The number of hydrogen-bond acceptors (Lipinski definition) is 4. The molecule has 2 N–H and O–H groups in total. The quantitative estimate of drug-likeness (QED) is 0.482. The van der Waals surface area contributed by atoms with Gasteiger partial charge in [-0.3, -0.25) is 14.8 Å². The molecule has 0 atom stereocenters. The highest BCUT2D eigenvalue weighted by molar-refractivity contribution is 5.86. The molecule has 7 nitrogen and oxygen atoms in total. The van der Waals surface area contributed by atoms with Gasteiger partial charge in [-0.25, -0.2) is 0 Å². The average molecular weight is 419 g/mol. The first kappa shape index (κ1) is 23.1. The minimum Gasteiger partial charge on any atom is -0.434 e. The number of amides is 1. The number of halogens is 2. The third-order valence-electron chi connectivity index (χ3n) is 4.36. The Morgan fingerprint density at radius 3 is 2.73 bits per heavy atom. The van der Waals surface area contributed by atoms with Crippen molar-refractivity contribution < 1.29 is 18.3 Å². The number of nitrogens with one attached hydrogen (secondary N) is 2. The van der Waals surface area contributed by atoms with E-state index in [1.807, 2.05) is 25.1 Å². The van der Waals surface area contributed by atoms with Gasteiger partial charge in [-0.05, 0) is 25.1 Å². The van der Waals surface area contributed by atoms with Crippen LogP contribution < -0.4 is 15.4 Å². The highest BCUT2D eigenvalue weighted by Crippen LogP contribution is 2.21. The molecule has 30 heavy (non-hydrogen) atoms. The van der Waals surface area contributed by atoms with Gasteiger partial charge in [0.15, 0.2) is 5.96 Å². The molecule has 162 valence electrons. The number of benzene rings is 1. The summed E-state index contributed by atoms with van der Waals surface area (Å²) in [6.07, 6.45) is 2.39. The van der Waals surface area contributed by atoms with Crippen LogP contribution in [0, 0.1) is 6.92 Å². The van der Waals surface area contributed by atoms with Gasteiger partial charge in [-0.2, -0.15) is 8.78 Å². The van der Waals surface area contributed by atoms with Gasteiger partial charge in [0.1, 0.15) is 5.75 Å². The second-order valence-corrected chi connectivity index (χ2v) is 6.66. The van der Waals surface area contributed by atoms with E-state index in [1.165, 1.54) is 6.07 Å². The summed E-state index contributed by atoms with van der Waals surface area (Å²) >= 11 is 0. The molecule has 0 spiro atoms. The summed E-state index contributed by atoms with van der Waals surface area (Å²) in [6.45, 7) is -0.230. The lowest BCUT2D eigenvalue weighted by Gasteiger charge is -2.19. The first-order valence-electron chi connectivity index (χ1n) is 9.51. The van der Waals surface area contributed by atoms with Crippen molar-refractivity contribution in [2.45, 2.75) is 26.5 Å². The standard InChI is InChI=1S/C21H27F2N5O2/c1-15-7-8-18(30-20(22)23)16(12-15)13-26-21(24-2)27-14-19(29)28(3)11-9-17-6-4-5-10-25-17/h4-8,10,12,20H,9,11,13-14H2,1-3H3,(H2,24,26,27). The average Bonchev–Trinajstić information content (AvgIpc) is 2.74. The predicted octanol–water partition coefficient (Wildman–Crippen LogP) is 2.36. The number of pyridine rings is 1. The van der Waals surface area contributed by atoms with Gasteiger partial charge in [-0.1, -0.05) is 23.8 Å². The number of guanidine groups is 1. The molecule has 0 radical (unpaired) electrons. The number of ether oxygens (including phenoxy) is 1. The van der Waals surface area contributed by atoms with Gasteiger partial charge < -0.3 is 20.3 Å². The Hall–Kier alpha value is -3.23. The van der Waals surface area contributed by atoms with Crippen LogP contribution in [0.25, 0.3) is 0 Å². The zero-order valence-corrected chi connectivity index (χ0v) is 17.4. The summed E-state index contributed by atoms with van der Waals surface area (Å²) < 4.78 is 29.8. The Morgan fingerprint density at radius 2 is 2.07 bits per heavy atom. The highest BCUT2D eigenvalue weighted by Gasteiger charge is 2.12. The van der Waals surface area contributed by atoms with E-state index >= 15 is 0 Å². The van der Waals surface area contributed by atoms with Crippen LogP contribution in [-0.2, 0) is 17.8 Å². The molecule has 1 heterocycles. The number of rotatable bonds is 9. The molecule has 0 saturated carbocycles. The molecule has 0 bridgehead atoms. The lowest BCUT2D eigenvalue weighted by molar-refractivity contribution is -0.128. The fourth-order valence-corrected chi connectivity index (χ4v) is 2.70. The van der Waals surface area contributed by atoms with E-state index in [0.29, 0.717) is 24.5 Å². The molecule has 2 aromatic rings. The molecular weight excluding hydrogens is 392 g/mol. The molecule has 0 aliphatic carbocycles. The molecule has 1 aromatic heterocycles. The number of aromatic nitrogens is 1. The number of carbonyl (C=O) groups is 1. The maximum Gasteiger partial charge on any atom is 0.387 e. The lowest BCUT2D eigenvalue weighted by atomic mass is 10.1. The van der Waals surface area contributed by atoms with E-state index < -0.39 is 6.61 Å². The van der Waals surface area contributed by atoms with Crippen molar-refractivity contribution in [1.82, 2.24) is 20.5 Å². The van der Waals surface area contributed by atoms with Crippen molar-refractivity contribution in [2.75, 3.05) is 27.2 Å². The first-order chi connectivity index (χ1) is 14.4. The summed E-state index contributed by atoms with van der Waals surface area (Å²) in [5.74, 6) is 0.376. The van der Waals surface area contributed by atoms with Crippen LogP contribution in [0.3, 0.4) is 0 Å². The Balaban J connectivity index is 1.83. The molecule has 1 aromatic carbocycles. The number of aryl methyl sites for hydroxylation is 1. The summed E-state index contributed by atoms with van der Waals surface area (Å²) in [5.41, 5.74) is 2.40. The van der Waals surface area contributed by atoms with Gasteiger partial charge in [0.25, 0.3) is 0 Å². The normalized spacial score (nSPS) is 11.3. The van der Waals surface area contributed by atoms with Crippen molar-refractivity contribution in [2.24, 2.45) is 4.99 Å². The number of aliphatic imine (C=N–C) groups is 1. The number of alkyl halides is 2. The number of likely N-dealkylation sites (N-methyl/N-ethyl adjacent to an activating group) is 1. The minimum absolute atomic E-state index is 0.0482. The second-order valence-electron chi connectivity index (χ2n) is 6.66. The molecule has 2 rings (SSSR count). The summed E-state index contributed by atoms with van der Waals surface area (Å²) in [5, 5.41) is 5.95. The fraction of sp³-hybridized carbons (Fsp3) is 0.381. The summed E-state index contributed by atoms with van der Waals surface area (Å²) in [7, 11) is 3.29. The zero-order valence-electron chi connectivity index (χ0n) is 17.4. The lowest BCUT2D eigenvalue weighted by Crippen LogP contribution is -2.43. The van der Waals surface area contributed by atoms with Crippen molar-refractivity contribution in [3.05, 3.63) is 59.4 Å². The third kappa shape index (κ3) is 7.65. The van der Waals surface area contributed by atoms with Gasteiger partial charge in [0.05, 0.1) is 6.54 Å². The first-order valence-corrected chi connectivity index (χ1v) is 9.51. The Bertz CT molecular complexity index is 847. The van der Waals surface area contributed by atoms with Crippen LogP contribution in [0.4, 0.5) is 8.78 Å². The number of nitrogens with zero attached hydrogens (tertiary/aromatic N) is 3. The SMILES string of the molecule is CN=C(NCC(=O)N(C)CCc1ccccn1)NCc1cc(C)ccc1OC(F)F. The molecule has 1 amide bonds. The molecule has 9 heteroatoms. The minimum atomic E-state index is -2.90. The van der Waals surface area contributed by atoms with Crippen LogP contribution in [-0.4, -0.2) is 55.5 Å². The van der Waals surface area contributed by atoms with Crippen molar-refractivity contribution in [3.8, 4) is 5.75 Å². The molecule has 0 saturated heterocycles. The van der Waals surface area contributed by atoms with Gasteiger partial charge in [0.2, 0.25) is 5.91 Å². The third-order valence-corrected chi connectivity index (χ3v) is 4.36. The molecule has 0 fully saturated rings. The van der Waals surface area contributed by atoms with Gasteiger partial charge in [-0.15, -0.1) is 0 Å². The molecule has 0 aliphatic heterocycles. The molecular formula is C21H27F2N5O2. The summed E-state index contributed by atoms with van der Waals surface area (Å²) in [4.78, 5) is 22.3. The Morgan fingerprint density at radius 1 is 1.27 bits per heavy atom. The largest absolute Gasteiger partial charge is 0.434 e. The molecule has 0 unspecified atom stereocenters. The molecule has 0 aliphatic rings. The van der Waals surface area contributed by atoms with E-state index in [9.17, 15) is 13.6 Å². The van der Waals surface area contributed by atoms with Crippen LogP contribution in [0.5, 0.6) is 5.75 Å². The van der Waals surface area contributed by atoms with E-state index in [-0.39, 0.29) is 24.7 Å². The van der Waals surface area contributed by atoms with Crippen LogP contribution >= 0.6 is 0 Å². The van der Waals surface area contributed by atoms with Crippen molar-refractivity contribution in [1.29, 1.82) is 0 Å². The predicted molar refractivity (Wildman–Crippen MR) is 112 cm³/mol. The van der Waals surface area contributed by atoms with Crippen LogP contribution in [0.15, 0.2) is 47.6 Å². The van der Waals surface area contributed by atoms with E-state index in [0.717, 1.165) is 11.3 Å². The maximum atomic E-state index is 12.6. The second kappa shape index (κ2) is 11.7. The maximum absolute atomic E-state index is 12.6. The Kier molecular flexibility index (Phi) is 8.99. The Labute approximate surface area is 175 Å². The van der Waals surface area contributed by atoms with Crippen molar-refractivity contribution in [3.63, 3.8) is 0 Å². The van der Waals surface area contributed by atoms with E-state index in [2.05, 4.69) is 25.3 Å². The van der Waals surface area contributed by atoms with Crippen molar-refractivity contribution >= 4 is 11.9 Å². The monoisotopic (exact) mass is 419 g/mol. The van der Waals surface area contributed by atoms with E-state index in [1.54, 1.807) is 37.3 Å². The highest BCUT2D eigenvalue weighted by atomic mass is 19.3. The number of carbonyl (C=O) groups excluding carboxylic acids is 1. The zero-order chi connectivity index (χ0) is 21.9. The van der Waals surface area contributed by atoms with Crippen LogP contribution in [0.2, 0.25) is 0 Å². The van der Waals surface area contributed by atoms with Crippen LogP contribution in [0.1, 0.15) is 16.8 Å². The summed E-state index contributed by atoms with van der Waals surface area (Å²) in [6, 6.07) is 10.6.